The van der Waals surface area contributed by atoms with Crippen molar-refractivity contribution in [1.82, 2.24) is 25.3 Å². The summed E-state index contributed by atoms with van der Waals surface area (Å²) in [6.45, 7) is 2.24. The lowest BCUT2D eigenvalue weighted by Crippen LogP contribution is -2.23. The molecule has 0 saturated heterocycles. The molecule has 0 spiro atoms. The summed E-state index contributed by atoms with van der Waals surface area (Å²) in [4.78, 5) is 11.2. The highest BCUT2D eigenvalue weighted by molar-refractivity contribution is 5.75. The predicted molar refractivity (Wildman–Crippen MR) is 66.9 cm³/mol. The second-order valence-electron chi connectivity index (χ2n) is 3.98. The van der Waals surface area contributed by atoms with E-state index >= 15 is 0 Å². The lowest BCUT2D eigenvalue weighted by atomic mass is 10.2. The van der Waals surface area contributed by atoms with Crippen LogP contribution in [0.5, 0.6) is 0 Å². The number of rotatable bonds is 5. The first kappa shape index (κ1) is 12.2. The maximum atomic E-state index is 11.2. The Balaban J connectivity index is 1.96. The van der Waals surface area contributed by atoms with Crippen molar-refractivity contribution in [2.24, 2.45) is 0 Å². The van der Waals surface area contributed by atoms with E-state index in [1.807, 2.05) is 13.0 Å². The van der Waals surface area contributed by atoms with Gasteiger partial charge in [-0.1, -0.05) is 0 Å². The number of H-pyrrole nitrogens is 1. The highest BCUT2D eigenvalue weighted by atomic mass is 16.1. The van der Waals surface area contributed by atoms with E-state index in [4.69, 9.17) is 0 Å². The smallest absolute Gasteiger partial charge is 0.241 e. The monoisotopic (exact) mass is 248 g/mol. The molecule has 7 heteroatoms. The molecule has 0 aromatic carbocycles. The Morgan fingerprint density at radius 3 is 3.11 bits per heavy atom. The highest BCUT2D eigenvalue weighted by Crippen LogP contribution is 2.16. The molecule has 0 saturated carbocycles. The molecule has 0 fully saturated rings. The van der Waals surface area contributed by atoms with Gasteiger partial charge >= 0.3 is 0 Å². The van der Waals surface area contributed by atoms with Gasteiger partial charge in [-0.15, -0.1) is 0 Å². The van der Waals surface area contributed by atoms with Gasteiger partial charge in [-0.3, -0.25) is 14.6 Å². The fourth-order valence-electron chi connectivity index (χ4n) is 1.59. The maximum absolute atomic E-state index is 11.2. The minimum absolute atomic E-state index is 0.0775. The van der Waals surface area contributed by atoms with Crippen LogP contribution in [0.4, 0.5) is 5.69 Å². The number of aromatic nitrogens is 4. The molecule has 18 heavy (non-hydrogen) atoms. The number of amides is 1. The summed E-state index contributed by atoms with van der Waals surface area (Å²) >= 11 is 0. The number of anilines is 1. The Morgan fingerprint density at radius 2 is 2.44 bits per heavy atom. The molecule has 0 aliphatic heterocycles. The summed E-state index contributed by atoms with van der Waals surface area (Å²) in [6, 6.07) is 2.01. The fraction of sp³-hybridized carbons (Fsp3) is 0.364. The number of aromatic amines is 1. The van der Waals surface area contributed by atoms with Crippen molar-refractivity contribution in [3.63, 3.8) is 0 Å². The van der Waals surface area contributed by atoms with Gasteiger partial charge in [0, 0.05) is 19.4 Å². The topological polar surface area (TPSA) is 87.6 Å². The molecule has 2 aromatic rings. The lowest BCUT2D eigenvalue weighted by Gasteiger charge is -2.10. The van der Waals surface area contributed by atoms with Gasteiger partial charge in [0.15, 0.2) is 0 Å². The van der Waals surface area contributed by atoms with Crippen molar-refractivity contribution >= 4 is 11.6 Å². The van der Waals surface area contributed by atoms with Crippen LogP contribution in [0.2, 0.25) is 0 Å². The first-order valence-electron chi connectivity index (χ1n) is 5.68. The lowest BCUT2D eigenvalue weighted by molar-refractivity contribution is -0.121. The van der Waals surface area contributed by atoms with E-state index in [1.54, 1.807) is 30.3 Å². The van der Waals surface area contributed by atoms with Gasteiger partial charge in [0.25, 0.3) is 0 Å². The molecule has 1 atom stereocenters. The number of carbonyl (C=O) groups excluding carboxylic acids is 1. The van der Waals surface area contributed by atoms with Crippen LogP contribution in [0.1, 0.15) is 18.7 Å². The van der Waals surface area contributed by atoms with Crippen molar-refractivity contribution in [1.29, 1.82) is 0 Å². The average Bonchev–Trinajstić information content (AvgIpc) is 3.00. The van der Waals surface area contributed by atoms with Gasteiger partial charge in [-0.25, -0.2) is 0 Å². The van der Waals surface area contributed by atoms with Crippen LogP contribution in [-0.2, 0) is 11.3 Å². The third-order valence-corrected chi connectivity index (χ3v) is 2.59. The normalized spacial score (nSPS) is 12.1. The summed E-state index contributed by atoms with van der Waals surface area (Å²) in [5.74, 6) is -0.0775. The van der Waals surface area contributed by atoms with Crippen LogP contribution in [-0.4, -0.2) is 32.9 Å². The highest BCUT2D eigenvalue weighted by Gasteiger charge is 2.08. The van der Waals surface area contributed by atoms with E-state index in [0.717, 1.165) is 11.4 Å². The SMILES string of the molecule is CNC(=O)Cn1cc(NC(C)c2ccn[nH]2)cn1. The Bertz CT molecular complexity index is 503. The molecule has 2 heterocycles. The van der Waals surface area contributed by atoms with E-state index < -0.39 is 0 Å². The zero-order valence-corrected chi connectivity index (χ0v) is 10.3. The molecule has 2 rings (SSSR count). The number of nitrogens with zero attached hydrogens (tertiary/aromatic N) is 3. The second-order valence-corrected chi connectivity index (χ2v) is 3.98. The minimum Gasteiger partial charge on any atom is -0.374 e. The zero-order valence-electron chi connectivity index (χ0n) is 10.3. The van der Waals surface area contributed by atoms with Crippen LogP contribution in [0.25, 0.3) is 0 Å². The summed E-state index contributed by atoms with van der Waals surface area (Å²) in [7, 11) is 1.60. The number of hydrogen-bond acceptors (Lipinski definition) is 4. The van der Waals surface area contributed by atoms with Crippen molar-refractivity contribution in [3.8, 4) is 0 Å². The predicted octanol–water partition coefficient (Wildman–Crippen LogP) is 0.525. The van der Waals surface area contributed by atoms with Crippen LogP contribution in [0.3, 0.4) is 0 Å². The molecule has 1 unspecified atom stereocenters. The van der Waals surface area contributed by atoms with E-state index in [9.17, 15) is 4.79 Å². The Labute approximate surface area is 105 Å². The molecule has 0 aliphatic rings. The number of carbonyl (C=O) groups is 1. The zero-order chi connectivity index (χ0) is 13.0. The van der Waals surface area contributed by atoms with Gasteiger partial charge in [-0.2, -0.15) is 10.2 Å². The Hall–Kier alpha value is -2.31. The van der Waals surface area contributed by atoms with Crippen LogP contribution >= 0.6 is 0 Å². The fourth-order valence-corrected chi connectivity index (χ4v) is 1.59. The molecular formula is C11H16N6O. The van der Waals surface area contributed by atoms with Gasteiger partial charge in [-0.05, 0) is 13.0 Å². The molecule has 0 bridgehead atoms. The van der Waals surface area contributed by atoms with E-state index in [-0.39, 0.29) is 18.5 Å². The van der Waals surface area contributed by atoms with Gasteiger partial charge < -0.3 is 10.6 Å². The molecule has 3 N–H and O–H groups in total. The van der Waals surface area contributed by atoms with Crippen molar-refractivity contribution in [2.45, 2.75) is 19.5 Å². The minimum atomic E-state index is -0.0775. The summed E-state index contributed by atoms with van der Waals surface area (Å²) in [5.41, 5.74) is 1.86. The Morgan fingerprint density at radius 1 is 1.61 bits per heavy atom. The first-order valence-corrected chi connectivity index (χ1v) is 5.68. The quantitative estimate of drug-likeness (QED) is 0.720. The maximum Gasteiger partial charge on any atom is 0.241 e. The third kappa shape index (κ3) is 2.88. The van der Waals surface area contributed by atoms with E-state index in [1.165, 1.54) is 0 Å². The molecule has 0 radical (unpaired) electrons. The van der Waals surface area contributed by atoms with Gasteiger partial charge in [0.2, 0.25) is 5.91 Å². The number of likely N-dealkylation sites (N-methyl/N-ethyl adjacent to an activating group) is 1. The van der Waals surface area contributed by atoms with Crippen molar-refractivity contribution in [3.05, 3.63) is 30.4 Å². The third-order valence-electron chi connectivity index (χ3n) is 2.59. The second kappa shape index (κ2) is 5.35. The number of nitrogens with one attached hydrogen (secondary N) is 3. The van der Waals surface area contributed by atoms with E-state index in [0.29, 0.717) is 0 Å². The van der Waals surface area contributed by atoms with Crippen LogP contribution in [0.15, 0.2) is 24.7 Å². The average molecular weight is 248 g/mol. The molecule has 1 amide bonds. The summed E-state index contributed by atoms with van der Waals surface area (Å²) < 4.78 is 1.58. The summed E-state index contributed by atoms with van der Waals surface area (Å²) in [6.07, 6.45) is 5.19. The van der Waals surface area contributed by atoms with Crippen molar-refractivity contribution in [2.75, 3.05) is 12.4 Å². The Kier molecular flexibility index (Phi) is 3.61. The van der Waals surface area contributed by atoms with Crippen molar-refractivity contribution < 1.29 is 4.79 Å². The molecule has 2 aromatic heterocycles. The number of hydrogen-bond donors (Lipinski definition) is 3. The summed E-state index contributed by atoms with van der Waals surface area (Å²) in [5, 5.41) is 16.7. The van der Waals surface area contributed by atoms with Gasteiger partial charge in [0.1, 0.15) is 6.54 Å². The molecular weight excluding hydrogens is 232 g/mol. The largest absolute Gasteiger partial charge is 0.374 e. The van der Waals surface area contributed by atoms with E-state index in [2.05, 4.69) is 25.9 Å². The molecule has 0 aliphatic carbocycles. The van der Waals surface area contributed by atoms with Crippen LogP contribution in [0, 0.1) is 0 Å². The molecule has 96 valence electrons. The molecule has 7 nitrogen and oxygen atoms in total. The first-order chi connectivity index (χ1) is 8.69. The van der Waals surface area contributed by atoms with Crippen LogP contribution < -0.4 is 10.6 Å². The van der Waals surface area contributed by atoms with Gasteiger partial charge in [0.05, 0.1) is 23.6 Å². The standard InChI is InChI=1S/C11H16N6O/c1-8(10-3-4-13-16-10)15-9-5-14-17(6-9)7-11(18)12-2/h3-6,8,15H,7H2,1-2H3,(H,12,18)(H,13,16).